The van der Waals surface area contributed by atoms with Crippen LogP contribution in [0.15, 0.2) is 42.7 Å². The first-order chi connectivity index (χ1) is 14.0. The number of likely N-dealkylation sites (tertiary alicyclic amines) is 1. The summed E-state index contributed by atoms with van der Waals surface area (Å²) in [6.45, 7) is 7.39. The SMILES string of the molecule is CC1(C)CN(C(=O)c2nc3n(n2)CCCN3)C1c1nccn1Cc1ccccc1. The van der Waals surface area contributed by atoms with Crippen LogP contribution in [-0.2, 0) is 13.1 Å². The molecule has 1 saturated heterocycles. The number of benzene rings is 1. The molecule has 0 bridgehead atoms. The van der Waals surface area contributed by atoms with E-state index in [1.807, 2.05) is 35.5 Å². The van der Waals surface area contributed by atoms with Gasteiger partial charge in [0.05, 0.1) is 6.04 Å². The topological polar surface area (TPSA) is 80.9 Å². The highest BCUT2D eigenvalue weighted by atomic mass is 16.2. The number of anilines is 1. The molecule has 0 radical (unpaired) electrons. The molecule has 1 amide bonds. The molecule has 1 fully saturated rings. The van der Waals surface area contributed by atoms with Crippen molar-refractivity contribution in [3.63, 3.8) is 0 Å². The summed E-state index contributed by atoms with van der Waals surface area (Å²) in [4.78, 5) is 24.1. The van der Waals surface area contributed by atoms with Crippen LogP contribution in [-0.4, -0.2) is 48.2 Å². The number of hydrogen-bond acceptors (Lipinski definition) is 5. The van der Waals surface area contributed by atoms with E-state index in [1.54, 1.807) is 4.68 Å². The first-order valence-corrected chi connectivity index (χ1v) is 10.1. The van der Waals surface area contributed by atoms with Crippen molar-refractivity contribution in [2.45, 2.75) is 39.4 Å². The van der Waals surface area contributed by atoms with Gasteiger partial charge < -0.3 is 14.8 Å². The Labute approximate surface area is 169 Å². The van der Waals surface area contributed by atoms with Crippen molar-refractivity contribution >= 4 is 11.9 Å². The predicted molar refractivity (Wildman–Crippen MR) is 108 cm³/mol. The number of nitrogens with one attached hydrogen (secondary N) is 1. The summed E-state index contributed by atoms with van der Waals surface area (Å²) in [7, 11) is 0. The minimum absolute atomic E-state index is 0.0624. The summed E-state index contributed by atoms with van der Waals surface area (Å²) in [6, 6.07) is 10.2. The van der Waals surface area contributed by atoms with E-state index in [-0.39, 0.29) is 23.2 Å². The van der Waals surface area contributed by atoms with E-state index < -0.39 is 0 Å². The number of amides is 1. The van der Waals surface area contributed by atoms with Crippen LogP contribution in [0.2, 0.25) is 0 Å². The van der Waals surface area contributed by atoms with Gasteiger partial charge in [-0.3, -0.25) is 4.79 Å². The molecule has 29 heavy (non-hydrogen) atoms. The average molecular weight is 391 g/mol. The van der Waals surface area contributed by atoms with Gasteiger partial charge in [0, 0.05) is 44.0 Å². The van der Waals surface area contributed by atoms with E-state index in [1.165, 1.54) is 5.56 Å². The normalized spacial score (nSPS) is 19.9. The number of rotatable bonds is 4. The van der Waals surface area contributed by atoms with E-state index >= 15 is 0 Å². The van der Waals surface area contributed by atoms with E-state index in [4.69, 9.17) is 0 Å². The summed E-state index contributed by atoms with van der Waals surface area (Å²) in [5.74, 6) is 1.71. The number of nitrogens with zero attached hydrogens (tertiary/aromatic N) is 6. The summed E-state index contributed by atoms with van der Waals surface area (Å²) in [5, 5.41) is 7.64. The Bertz CT molecular complexity index is 1010. The number of hydrogen-bond donors (Lipinski definition) is 1. The summed E-state index contributed by atoms with van der Waals surface area (Å²) < 4.78 is 3.92. The van der Waals surface area contributed by atoms with Crippen molar-refractivity contribution in [3.05, 3.63) is 59.9 Å². The zero-order valence-electron chi connectivity index (χ0n) is 16.7. The summed E-state index contributed by atoms with van der Waals surface area (Å²) in [5.41, 5.74) is 1.14. The molecule has 2 aliphatic heterocycles. The molecule has 4 heterocycles. The van der Waals surface area contributed by atoms with E-state index in [0.29, 0.717) is 12.5 Å². The zero-order valence-corrected chi connectivity index (χ0v) is 16.7. The second kappa shape index (κ2) is 6.72. The quantitative estimate of drug-likeness (QED) is 0.739. The van der Waals surface area contributed by atoms with Crippen LogP contribution in [0.4, 0.5) is 5.95 Å². The highest BCUT2D eigenvalue weighted by Crippen LogP contribution is 2.48. The Morgan fingerprint density at radius 3 is 2.86 bits per heavy atom. The van der Waals surface area contributed by atoms with Crippen LogP contribution in [0.1, 0.15) is 48.3 Å². The average Bonchev–Trinajstić information content (AvgIpc) is 3.34. The Morgan fingerprint density at radius 2 is 2.10 bits per heavy atom. The number of carbonyl (C=O) groups excluding carboxylic acids is 1. The molecule has 0 aliphatic carbocycles. The number of aryl methyl sites for hydroxylation is 1. The van der Waals surface area contributed by atoms with Gasteiger partial charge >= 0.3 is 0 Å². The highest BCUT2D eigenvalue weighted by molar-refractivity contribution is 5.92. The lowest BCUT2D eigenvalue weighted by Crippen LogP contribution is -2.58. The standard InChI is InChI=1S/C21H25N7O/c1-21(2)14-27(19(29)17-24-20-23-9-6-11-28(20)25-17)16(21)18-22-10-12-26(18)13-15-7-4-3-5-8-15/h3-5,7-8,10,12,16H,6,9,11,13-14H2,1-2H3,(H,23,24,25). The van der Waals surface area contributed by atoms with Crippen molar-refractivity contribution in [2.24, 2.45) is 5.41 Å². The van der Waals surface area contributed by atoms with E-state index in [2.05, 4.69) is 50.9 Å². The fourth-order valence-electron chi connectivity index (χ4n) is 4.36. The molecule has 1 N–H and O–H groups in total. The lowest BCUT2D eigenvalue weighted by atomic mass is 9.74. The van der Waals surface area contributed by atoms with Crippen LogP contribution in [0.25, 0.3) is 0 Å². The minimum atomic E-state index is -0.132. The predicted octanol–water partition coefficient (Wildman–Crippen LogP) is 2.56. The van der Waals surface area contributed by atoms with Gasteiger partial charge in [0.15, 0.2) is 0 Å². The van der Waals surface area contributed by atoms with Crippen LogP contribution >= 0.6 is 0 Å². The maximum absolute atomic E-state index is 13.2. The van der Waals surface area contributed by atoms with E-state index in [0.717, 1.165) is 31.9 Å². The second-order valence-electron chi connectivity index (χ2n) is 8.49. The minimum Gasteiger partial charge on any atom is -0.354 e. The lowest BCUT2D eigenvalue weighted by molar-refractivity contribution is -0.0385. The van der Waals surface area contributed by atoms with Gasteiger partial charge in [0.2, 0.25) is 11.8 Å². The summed E-state index contributed by atoms with van der Waals surface area (Å²) >= 11 is 0. The van der Waals surface area contributed by atoms with Crippen LogP contribution in [0.3, 0.4) is 0 Å². The molecule has 8 heteroatoms. The molecule has 150 valence electrons. The Morgan fingerprint density at radius 1 is 1.28 bits per heavy atom. The van der Waals surface area contributed by atoms with Crippen LogP contribution < -0.4 is 5.32 Å². The molecule has 1 aromatic carbocycles. The van der Waals surface area contributed by atoms with Gasteiger partial charge in [0.25, 0.3) is 5.91 Å². The maximum atomic E-state index is 13.2. The van der Waals surface area contributed by atoms with Gasteiger partial charge in [-0.2, -0.15) is 4.98 Å². The first kappa shape index (κ1) is 17.9. The number of carbonyl (C=O) groups is 1. The molecule has 8 nitrogen and oxygen atoms in total. The summed E-state index contributed by atoms with van der Waals surface area (Å²) in [6.07, 6.45) is 4.78. The molecular weight excluding hydrogens is 366 g/mol. The molecule has 3 aromatic rings. The molecule has 0 spiro atoms. The maximum Gasteiger partial charge on any atom is 0.294 e. The van der Waals surface area contributed by atoms with E-state index in [9.17, 15) is 4.79 Å². The molecular formula is C21H25N7O. The van der Waals surface area contributed by atoms with Gasteiger partial charge in [0.1, 0.15) is 5.82 Å². The fourth-order valence-corrected chi connectivity index (χ4v) is 4.36. The van der Waals surface area contributed by atoms with Gasteiger partial charge in [-0.15, -0.1) is 5.10 Å². The third kappa shape index (κ3) is 3.08. The zero-order chi connectivity index (χ0) is 20.0. The number of aromatic nitrogens is 5. The Balaban J connectivity index is 1.43. The molecule has 2 aromatic heterocycles. The monoisotopic (exact) mass is 391 g/mol. The fraction of sp³-hybridized carbons (Fsp3) is 0.429. The largest absolute Gasteiger partial charge is 0.354 e. The molecule has 1 atom stereocenters. The third-order valence-electron chi connectivity index (χ3n) is 5.77. The van der Waals surface area contributed by atoms with Crippen molar-refractivity contribution in [1.29, 1.82) is 0 Å². The first-order valence-electron chi connectivity index (χ1n) is 10.1. The molecule has 1 unspecified atom stereocenters. The Hall–Kier alpha value is -3.16. The van der Waals surface area contributed by atoms with Gasteiger partial charge in [-0.1, -0.05) is 44.2 Å². The molecule has 5 rings (SSSR count). The molecule has 2 aliphatic rings. The number of fused-ring (bicyclic) bond motifs is 1. The lowest BCUT2D eigenvalue weighted by Gasteiger charge is -2.53. The molecule has 0 saturated carbocycles. The van der Waals surface area contributed by atoms with Crippen molar-refractivity contribution in [2.75, 3.05) is 18.4 Å². The number of imidazole rings is 1. The van der Waals surface area contributed by atoms with Crippen LogP contribution in [0, 0.1) is 5.41 Å². The van der Waals surface area contributed by atoms with Crippen molar-refractivity contribution in [3.8, 4) is 0 Å². The van der Waals surface area contributed by atoms with Crippen molar-refractivity contribution in [1.82, 2.24) is 29.2 Å². The Kier molecular flexibility index (Phi) is 4.15. The van der Waals surface area contributed by atoms with Crippen molar-refractivity contribution < 1.29 is 4.79 Å². The van der Waals surface area contributed by atoms with Crippen LogP contribution in [0.5, 0.6) is 0 Å². The highest BCUT2D eigenvalue weighted by Gasteiger charge is 2.51. The third-order valence-corrected chi connectivity index (χ3v) is 5.77. The van der Waals surface area contributed by atoms with Gasteiger partial charge in [-0.05, 0) is 12.0 Å². The smallest absolute Gasteiger partial charge is 0.294 e. The second-order valence-corrected chi connectivity index (χ2v) is 8.49. The van der Waals surface area contributed by atoms with Gasteiger partial charge in [-0.25, -0.2) is 9.67 Å².